The minimum absolute atomic E-state index is 0.0980. The predicted molar refractivity (Wildman–Crippen MR) is 89.6 cm³/mol. The van der Waals surface area contributed by atoms with E-state index in [1.54, 1.807) is 6.92 Å². The van der Waals surface area contributed by atoms with E-state index in [9.17, 15) is 0 Å². The highest BCUT2D eigenvalue weighted by Gasteiger charge is 2.13. The van der Waals surface area contributed by atoms with Gasteiger partial charge in [-0.25, -0.2) is 9.97 Å². The van der Waals surface area contributed by atoms with Gasteiger partial charge in [0, 0.05) is 0 Å². The van der Waals surface area contributed by atoms with Gasteiger partial charge in [-0.1, -0.05) is 46.4 Å². The molecule has 0 aliphatic heterocycles. The van der Waals surface area contributed by atoms with Crippen molar-refractivity contribution in [3.8, 4) is 5.88 Å². The summed E-state index contributed by atoms with van der Waals surface area (Å²) < 4.78 is 5.54. The molecule has 1 atom stereocenters. The summed E-state index contributed by atoms with van der Waals surface area (Å²) in [6, 6.07) is 1.38. The highest BCUT2D eigenvalue weighted by Crippen LogP contribution is 2.30. The van der Waals surface area contributed by atoms with Gasteiger partial charge >= 0.3 is 0 Å². The van der Waals surface area contributed by atoms with Crippen LogP contribution in [0.2, 0.25) is 20.2 Å². The molecule has 5 nitrogen and oxygen atoms in total. The molecular weight excluding hydrogens is 370 g/mol. The molecule has 1 N–H and O–H groups in total. The Bertz CT molecular complexity index is 683. The molecule has 118 valence electrons. The summed E-state index contributed by atoms with van der Waals surface area (Å²) in [6.45, 7) is 3.99. The third kappa shape index (κ3) is 4.26. The van der Waals surface area contributed by atoms with Crippen molar-refractivity contribution in [1.82, 2.24) is 15.0 Å². The van der Waals surface area contributed by atoms with Crippen molar-refractivity contribution in [2.75, 3.05) is 11.9 Å². The van der Waals surface area contributed by atoms with Gasteiger partial charge in [0.2, 0.25) is 5.88 Å². The van der Waals surface area contributed by atoms with E-state index in [4.69, 9.17) is 51.1 Å². The average Bonchev–Trinajstić information content (AvgIpc) is 2.46. The maximum Gasteiger partial charge on any atom is 0.234 e. The smallest absolute Gasteiger partial charge is 0.234 e. The molecule has 2 aromatic rings. The quantitative estimate of drug-likeness (QED) is 0.762. The van der Waals surface area contributed by atoms with Crippen LogP contribution in [0.5, 0.6) is 5.88 Å². The van der Waals surface area contributed by atoms with E-state index < -0.39 is 0 Å². The van der Waals surface area contributed by atoms with E-state index in [1.165, 1.54) is 12.4 Å². The summed E-state index contributed by atoms with van der Waals surface area (Å²) in [5, 5.41) is 4.30. The molecule has 0 saturated carbocycles. The van der Waals surface area contributed by atoms with Crippen molar-refractivity contribution >= 4 is 52.2 Å². The standard InChI is InChI=1S/C13H12Cl4N4O/c1-6(20-12-10(16)7(2)18-5-19-12)4-22-13-9(15)3-8(14)11(17)21-13/h3,5-6H,4H2,1-2H3,(H,18,19,20). The van der Waals surface area contributed by atoms with E-state index in [-0.39, 0.29) is 33.7 Å². The van der Waals surface area contributed by atoms with Crippen LogP contribution in [0, 0.1) is 6.92 Å². The fraction of sp³-hybridized carbons (Fsp3) is 0.308. The summed E-state index contributed by atoms with van der Waals surface area (Å²) in [4.78, 5) is 12.1. The summed E-state index contributed by atoms with van der Waals surface area (Å²) in [5.41, 5.74) is 0.696. The summed E-state index contributed by atoms with van der Waals surface area (Å²) in [7, 11) is 0. The van der Waals surface area contributed by atoms with Crippen LogP contribution in [-0.4, -0.2) is 27.6 Å². The fourth-order valence-electron chi connectivity index (χ4n) is 1.57. The second-order valence-electron chi connectivity index (χ2n) is 4.53. The summed E-state index contributed by atoms with van der Waals surface area (Å²) >= 11 is 23.8. The van der Waals surface area contributed by atoms with E-state index in [0.717, 1.165) is 0 Å². The van der Waals surface area contributed by atoms with Crippen LogP contribution >= 0.6 is 46.4 Å². The lowest BCUT2D eigenvalue weighted by atomic mass is 10.3. The predicted octanol–water partition coefficient (Wildman–Crippen LogP) is 4.67. The van der Waals surface area contributed by atoms with Crippen LogP contribution < -0.4 is 10.1 Å². The minimum atomic E-state index is -0.0980. The van der Waals surface area contributed by atoms with Crippen LogP contribution in [0.1, 0.15) is 12.6 Å². The molecule has 2 aromatic heterocycles. The Hall–Kier alpha value is -1.01. The number of aryl methyl sites for hydroxylation is 1. The van der Waals surface area contributed by atoms with E-state index >= 15 is 0 Å². The number of halogens is 4. The first-order chi connectivity index (χ1) is 10.4. The number of ether oxygens (including phenoxy) is 1. The fourth-order valence-corrected chi connectivity index (χ4v) is 2.26. The Morgan fingerprint density at radius 1 is 1.18 bits per heavy atom. The molecule has 0 spiro atoms. The number of nitrogens with zero attached hydrogens (tertiary/aromatic N) is 3. The van der Waals surface area contributed by atoms with Gasteiger partial charge in [0.1, 0.15) is 28.8 Å². The Balaban J connectivity index is 2.00. The van der Waals surface area contributed by atoms with Gasteiger partial charge in [-0.3, -0.25) is 0 Å². The topological polar surface area (TPSA) is 59.9 Å². The minimum Gasteiger partial charge on any atom is -0.474 e. The largest absolute Gasteiger partial charge is 0.474 e. The van der Waals surface area contributed by atoms with E-state index in [1.807, 2.05) is 6.92 Å². The number of aromatic nitrogens is 3. The van der Waals surface area contributed by atoms with Crippen molar-refractivity contribution in [2.24, 2.45) is 0 Å². The van der Waals surface area contributed by atoms with Gasteiger partial charge in [-0.2, -0.15) is 4.98 Å². The lowest BCUT2D eigenvalue weighted by Crippen LogP contribution is -2.24. The maximum absolute atomic E-state index is 6.12. The summed E-state index contributed by atoms with van der Waals surface area (Å²) in [6.07, 6.45) is 1.44. The molecule has 9 heteroatoms. The third-order valence-electron chi connectivity index (χ3n) is 2.67. The molecule has 2 heterocycles. The number of anilines is 1. The van der Waals surface area contributed by atoms with Gasteiger partial charge in [0.25, 0.3) is 0 Å². The molecule has 0 aromatic carbocycles. The number of nitrogens with one attached hydrogen (secondary N) is 1. The van der Waals surface area contributed by atoms with Crippen molar-refractivity contribution in [1.29, 1.82) is 0 Å². The van der Waals surface area contributed by atoms with Crippen molar-refractivity contribution in [3.63, 3.8) is 0 Å². The van der Waals surface area contributed by atoms with Crippen molar-refractivity contribution in [3.05, 3.63) is 38.3 Å². The van der Waals surface area contributed by atoms with Gasteiger partial charge in [0.15, 0.2) is 5.15 Å². The molecule has 22 heavy (non-hydrogen) atoms. The van der Waals surface area contributed by atoms with E-state index in [2.05, 4.69) is 20.3 Å². The Kier molecular flexibility index (Phi) is 5.92. The van der Waals surface area contributed by atoms with Gasteiger partial charge in [-0.05, 0) is 19.9 Å². The molecule has 0 aliphatic rings. The zero-order valence-electron chi connectivity index (χ0n) is 11.7. The first-order valence-corrected chi connectivity index (χ1v) is 7.77. The van der Waals surface area contributed by atoms with Gasteiger partial charge in [-0.15, -0.1) is 0 Å². The van der Waals surface area contributed by atoms with Gasteiger partial charge < -0.3 is 10.1 Å². The average molecular weight is 382 g/mol. The van der Waals surface area contributed by atoms with Crippen molar-refractivity contribution in [2.45, 2.75) is 19.9 Å². The first kappa shape index (κ1) is 17.3. The SMILES string of the molecule is Cc1ncnc(NC(C)COc2nc(Cl)c(Cl)cc2Cl)c1Cl. The van der Waals surface area contributed by atoms with E-state index in [0.29, 0.717) is 16.5 Å². The second-order valence-corrected chi connectivity index (χ2v) is 6.08. The highest BCUT2D eigenvalue weighted by molar-refractivity contribution is 6.42. The second kappa shape index (κ2) is 7.51. The molecular formula is C13H12Cl4N4O. The molecule has 0 fully saturated rings. The van der Waals surface area contributed by atoms with Crippen LogP contribution in [-0.2, 0) is 0 Å². The zero-order chi connectivity index (χ0) is 16.3. The lowest BCUT2D eigenvalue weighted by Gasteiger charge is -2.16. The lowest BCUT2D eigenvalue weighted by molar-refractivity contribution is 0.292. The Morgan fingerprint density at radius 3 is 2.64 bits per heavy atom. The number of hydrogen-bond donors (Lipinski definition) is 1. The van der Waals surface area contributed by atoms with Crippen molar-refractivity contribution < 1.29 is 4.74 Å². The molecule has 1 unspecified atom stereocenters. The number of hydrogen-bond acceptors (Lipinski definition) is 5. The normalized spacial score (nSPS) is 12.1. The highest BCUT2D eigenvalue weighted by atomic mass is 35.5. The monoisotopic (exact) mass is 380 g/mol. The molecule has 0 bridgehead atoms. The Morgan fingerprint density at radius 2 is 1.91 bits per heavy atom. The molecule has 0 radical (unpaired) electrons. The molecule has 0 amide bonds. The molecule has 0 aliphatic carbocycles. The number of rotatable bonds is 5. The maximum atomic E-state index is 6.12. The van der Waals surface area contributed by atoms with Crippen LogP contribution in [0.3, 0.4) is 0 Å². The first-order valence-electron chi connectivity index (χ1n) is 6.26. The number of pyridine rings is 1. The van der Waals surface area contributed by atoms with Crippen LogP contribution in [0.25, 0.3) is 0 Å². The van der Waals surface area contributed by atoms with Crippen LogP contribution in [0.4, 0.5) is 5.82 Å². The molecule has 2 rings (SSSR count). The Labute approximate surface area is 147 Å². The molecule has 0 saturated heterocycles. The summed E-state index contributed by atoms with van der Waals surface area (Å²) in [5.74, 6) is 0.758. The zero-order valence-corrected chi connectivity index (χ0v) is 14.7. The third-order valence-corrected chi connectivity index (χ3v) is 4.07. The van der Waals surface area contributed by atoms with Crippen LogP contribution in [0.15, 0.2) is 12.4 Å². The van der Waals surface area contributed by atoms with Gasteiger partial charge in [0.05, 0.1) is 16.8 Å².